The molecule has 1 saturated carbocycles. The molecule has 1 aliphatic heterocycles. The van der Waals surface area contributed by atoms with Crippen LogP contribution in [0.5, 0.6) is 0 Å². The summed E-state index contributed by atoms with van der Waals surface area (Å²) in [5.74, 6) is 1.55. The maximum absolute atomic E-state index is 12.6. The Morgan fingerprint density at radius 1 is 1.32 bits per heavy atom. The van der Waals surface area contributed by atoms with Gasteiger partial charge in [0.1, 0.15) is 17.3 Å². The van der Waals surface area contributed by atoms with Crippen molar-refractivity contribution in [3.8, 4) is 0 Å². The molecule has 0 amide bonds. The molecule has 0 unspecified atom stereocenters. The van der Waals surface area contributed by atoms with Crippen LogP contribution in [0.3, 0.4) is 0 Å². The van der Waals surface area contributed by atoms with Crippen LogP contribution in [0.25, 0.3) is 11.0 Å². The van der Waals surface area contributed by atoms with E-state index in [0.29, 0.717) is 17.4 Å². The Morgan fingerprint density at radius 3 is 2.80 bits per heavy atom. The van der Waals surface area contributed by atoms with Crippen molar-refractivity contribution >= 4 is 22.8 Å². The maximum Gasteiger partial charge on any atom is 0.500 e. The molecule has 25 heavy (non-hydrogen) atoms. The number of nitrogens with one attached hydrogen (secondary N) is 5. The molecule has 0 radical (unpaired) electrons. The van der Waals surface area contributed by atoms with Gasteiger partial charge in [-0.1, -0.05) is 0 Å². The van der Waals surface area contributed by atoms with E-state index in [1.54, 1.807) is 6.20 Å². The van der Waals surface area contributed by atoms with E-state index >= 15 is 0 Å². The Kier molecular flexibility index (Phi) is 3.60. The van der Waals surface area contributed by atoms with Crippen molar-refractivity contribution in [2.75, 3.05) is 10.6 Å². The number of halogens is 3. The number of rotatable bonds is 5. The number of aromatic nitrogens is 3. The van der Waals surface area contributed by atoms with Crippen LogP contribution < -0.4 is 21.6 Å². The lowest BCUT2D eigenvalue weighted by Gasteiger charge is -2.17. The van der Waals surface area contributed by atoms with Gasteiger partial charge in [0.25, 0.3) is 0 Å². The van der Waals surface area contributed by atoms with Crippen molar-refractivity contribution in [2.24, 2.45) is 5.92 Å². The number of hydrogen-bond acceptors (Lipinski definition) is 7. The molecule has 4 rings (SSSR count). The molecule has 2 aromatic heterocycles. The van der Waals surface area contributed by atoms with Crippen LogP contribution in [-0.2, 0) is 0 Å². The number of alkyl halides is 3. The predicted molar refractivity (Wildman–Crippen MR) is 85.6 cm³/mol. The van der Waals surface area contributed by atoms with E-state index in [2.05, 4.69) is 37.9 Å². The van der Waals surface area contributed by atoms with E-state index in [4.69, 9.17) is 0 Å². The summed E-state index contributed by atoms with van der Waals surface area (Å²) >= 11 is 0. The molecule has 0 bridgehead atoms. The lowest BCUT2D eigenvalue weighted by Crippen LogP contribution is -2.45. The third-order valence-corrected chi connectivity index (χ3v) is 4.20. The third kappa shape index (κ3) is 3.27. The number of anilines is 2. The van der Waals surface area contributed by atoms with Gasteiger partial charge in [-0.05, 0) is 31.7 Å². The number of fused-ring (bicyclic) bond motifs is 1. The van der Waals surface area contributed by atoms with Gasteiger partial charge in [0.2, 0.25) is 5.95 Å². The predicted octanol–water partition coefficient (Wildman–Crippen LogP) is 2.22. The Balaban J connectivity index is 1.57. The highest BCUT2D eigenvalue weighted by molar-refractivity contribution is 5.88. The van der Waals surface area contributed by atoms with Gasteiger partial charge in [-0.2, -0.15) is 9.97 Å². The second-order valence-corrected chi connectivity index (χ2v) is 6.15. The standard InChI is InChI=1S/C14H17F3N8/c1-7(8-2-3-8)19-12-9-4-5-18-11(9)21-13(22-12)20-10-6-25(24-23-10)14(15,16)17/h4-8,23-24H,2-3H2,1H3,(H3,18,19,20,21,22)/t7-/m0/s1. The average molecular weight is 354 g/mol. The molecule has 1 atom stereocenters. The van der Waals surface area contributed by atoms with Crippen molar-refractivity contribution in [3.05, 3.63) is 24.3 Å². The van der Waals surface area contributed by atoms with Gasteiger partial charge in [0, 0.05) is 12.2 Å². The van der Waals surface area contributed by atoms with Crippen molar-refractivity contribution < 1.29 is 13.2 Å². The minimum absolute atomic E-state index is 0.00314. The van der Waals surface area contributed by atoms with Crippen LogP contribution in [-0.4, -0.2) is 32.3 Å². The number of H-pyrrole nitrogens is 1. The van der Waals surface area contributed by atoms with Crippen LogP contribution in [0.1, 0.15) is 19.8 Å². The number of hydrogen-bond donors (Lipinski definition) is 5. The summed E-state index contributed by atoms with van der Waals surface area (Å²) < 4.78 is 37.9. The summed E-state index contributed by atoms with van der Waals surface area (Å²) in [5, 5.41) is 6.95. The van der Waals surface area contributed by atoms with E-state index in [9.17, 15) is 13.2 Å². The van der Waals surface area contributed by atoms with Gasteiger partial charge < -0.3 is 15.6 Å². The van der Waals surface area contributed by atoms with Gasteiger partial charge in [0.15, 0.2) is 0 Å². The van der Waals surface area contributed by atoms with Gasteiger partial charge >= 0.3 is 6.30 Å². The molecule has 0 saturated heterocycles. The lowest BCUT2D eigenvalue weighted by atomic mass is 10.2. The lowest BCUT2D eigenvalue weighted by molar-refractivity contribution is -0.243. The van der Waals surface area contributed by atoms with Crippen molar-refractivity contribution in [2.45, 2.75) is 32.1 Å². The second-order valence-electron chi connectivity index (χ2n) is 6.15. The monoisotopic (exact) mass is 354 g/mol. The fraction of sp³-hybridized carbons (Fsp3) is 0.429. The van der Waals surface area contributed by atoms with Crippen LogP contribution in [0.15, 0.2) is 24.3 Å². The molecular formula is C14H17F3N8. The Morgan fingerprint density at radius 2 is 2.12 bits per heavy atom. The molecule has 2 aromatic rings. The fourth-order valence-corrected chi connectivity index (χ4v) is 2.67. The summed E-state index contributed by atoms with van der Waals surface area (Å²) in [6, 6.07) is 2.13. The normalized spacial score (nSPS) is 18.9. The first-order chi connectivity index (χ1) is 11.9. The third-order valence-electron chi connectivity index (χ3n) is 4.20. The van der Waals surface area contributed by atoms with Crippen molar-refractivity contribution in [1.29, 1.82) is 0 Å². The Hall–Kier alpha value is -2.69. The van der Waals surface area contributed by atoms with Crippen molar-refractivity contribution in [3.63, 3.8) is 0 Å². The molecule has 1 fully saturated rings. The van der Waals surface area contributed by atoms with Gasteiger partial charge in [-0.3, -0.25) is 5.43 Å². The summed E-state index contributed by atoms with van der Waals surface area (Å²) in [6.07, 6.45) is 0.443. The molecule has 3 heterocycles. The van der Waals surface area contributed by atoms with E-state index in [1.165, 1.54) is 12.8 Å². The highest BCUT2D eigenvalue weighted by atomic mass is 19.4. The first kappa shape index (κ1) is 15.8. The summed E-state index contributed by atoms with van der Waals surface area (Å²) in [4.78, 5) is 11.7. The molecule has 0 spiro atoms. The zero-order valence-electron chi connectivity index (χ0n) is 13.3. The Bertz CT molecular complexity index is 810. The van der Waals surface area contributed by atoms with Crippen LogP contribution in [0.2, 0.25) is 0 Å². The zero-order chi connectivity index (χ0) is 17.6. The SMILES string of the molecule is C[C@H](Nc1nc(NC2=CN(C(F)(F)F)NN2)nc2[nH]ccc12)C1CC1. The van der Waals surface area contributed by atoms with Gasteiger partial charge in [0.05, 0.1) is 11.6 Å². The van der Waals surface area contributed by atoms with Crippen LogP contribution in [0, 0.1) is 5.92 Å². The molecule has 1 aliphatic carbocycles. The van der Waals surface area contributed by atoms with E-state index in [1.807, 2.05) is 11.6 Å². The summed E-state index contributed by atoms with van der Waals surface area (Å²) in [5.41, 5.74) is 4.98. The van der Waals surface area contributed by atoms with E-state index < -0.39 is 6.30 Å². The summed E-state index contributed by atoms with van der Waals surface area (Å²) in [6.45, 7) is 2.09. The molecule has 2 aliphatic rings. The first-order valence-corrected chi connectivity index (χ1v) is 7.88. The highest BCUT2D eigenvalue weighted by Gasteiger charge is 2.38. The highest BCUT2D eigenvalue weighted by Crippen LogP contribution is 2.34. The molecule has 0 aromatic carbocycles. The minimum Gasteiger partial charge on any atom is -0.367 e. The number of hydrazine groups is 2. The fourth-order valence-electron chi connectivity index (χ4n) is 2.67. The van der Waals surface area contributed by atoms with Crippen molar-refractivity contribution in [1.82, 2.24) is 30.9 Å². The smallest absolute Gasteiger partial charge is 0.367 e. The molecule has 8 nitrogen and oxygen atoms in total. The largest absolute Gasteiger partial charge is 0.500 e. The molecule has 5 N–H and O–H groups in total. The summed E-state index contributed by atoms with van der Waals surface area (Å²) in [7, 11) is 0. The van der Waals surface area contributed by atoms with Crippen LogP contribution >= 0.6 is 0 Å². The minimum atomic E-state index is -4.53. The molecule has 134 valence electrons. The number of aromatic amines is 1. The van der Waals surface area contributed by atoms with Gasteiger partial charge in [-0.25, -0.2) is 5.01 Å². The quantitative estimate of drug-likeness (QED) is 0.526. The van der Waals surface area contributed by atoms with Gasteiger partial charge in [-0.15, -0.1) is 18.7 Å². The first-order valence-electron chi connectivity index (χ1n) is 7.88. The topological polar surface area (TPSA) is 92.9 Å². The van der Waals surface area contributed by atoms with E-state index in [-0.39, 0.29) is 22.8 Å². The molecular weight excluding hydrogens is 337 g/mol. The molecule has 11 heteroatoms. The Labute approximate surface area is 140 Å². The van der Waals surface area contributed by atoms with E-state index in [0.717, 1.165) is 11.6 Å². The zero-order valence-corrected chi connectivity index (χ0v) is 13.3. The number of nitrogens with zero attached hydrogens (tertiary/aromatic N) is 3. The second kappa shape index (κ2) is 5.69. The average Bonchev–Trinajstić information content (AvgIpc) is 3.09. The van der Waals surface area contributed by atoms with Crippen LogP contribution in [0.4, 0.5) is 24.9 Å². The maximum atomic E-state index is 12.6.